The van der Waals surface area contributed by atoms with Crippen LogP contribution in [0.2, 0.25) is 5.02 Å². The van der Waals surface area contributed by atoms with Crippen molar-refractivity contribution in [1.82, 2.24) is 5.43 Å². The number of hydrogen-bond acceptors (Lipinski definition) is 5. The average Bonchev–Trinajstić information content (AvgIpc) is 2.86. The van der Waals surface area contributed by atoms with Crippen LogP contribution in [0.1, 0.15) is 25.0 Å². The van der Waals surface area contributed by atoms with Gasteiger partial charge in [-0.1, -0.05) is 41.9 Å². The molecule has 8 nitrogen and oxygen atoms in total. The first kappa shape index (κ1) is 28.7. The lowest BCUT2D eigenvalue weighted by Gasteiger charge is -2.25. The van der Waals surface area contributed by atoms with Gasteiger partial charge < -0.3 is 5.32 Å². The lowest BCUT2D eigenvalue weighted by atomic mass is 10.1. The molecular formula is C25H22ClF3N4O4S. The quantitative estimate of drug-likeness (QED) is 0.294. The van der Waals surface area contributed by atoms with Gasteiger partial charge >= 0.3 is 6.18 Å². The molecule has 0 fully saturated rings. The average molecular weight is 567 g/mol. The number of rotatable bonds is 8. The van der Waals surface area contributed by atoms with Gasteiger partial charge in [0.15, 0.2) is 0 Å². The van der Waals surface area contributed by atoms with Crippen LogP contribution in [0.15, 0.2) is 82.8 Å². The van der Waals surface area contributed by atoms with Crippen molar-refractivity contribution in [3.63, 3.8) is 0 Å². The third kappa shape index (κ3) is 7.11. The normalized spacial score (nSPS) is 12.1. The van der Waals surface area contributed by atoms with Gasteiger partial charge in [-0.05, 0) is 55.0 Å². The highest BCUT2D eigenvalue weighted by molar-refractivity contribution is 7.92. The van der Waals surface area contributed by atoms with E-state index in [1.165, 1.54) is 31.2 Å². The van der Waals surface area contributed by atoms with E-state index in [1.54, 1.807) is 37.3 Å². The highest BCUT2D eigenvalue weighted by Gasteiger charge is 2.35. The largest absolute Gasteiger partial charge is 0.417 e. The maximum atomic E-state index is 13.5. The SMILES string of the molecule is CC(=O)Nc1ccc(C(C)=NNC(=O)CN(c2ccc(Cl)c(C(F)(F)F)c2)S(=O)(=O)c2ccccc2)cc1. The first-order valence-electron chi connectivity index (χ1n) is 10.9. The van der Waals surface area contributed by atoms with Crippen molar-refractivity contribution < 1.29 is 31.2 Å². The molecule has 2 amide bonds. The van der Waals surface area contributed by atoms with Crippen molar-refractivity contribution in [3.05, 3.63) is 88.9 Å². The number of amides is 2. The van der Waals surface area contributed by atoms with E-state index < -0.39 is 44.9 Å². The molecule has 0 saturated heterocycles. The summed E-state index contributed by atoms with van der Waals surface area (Å²) < 4.78 is 67.6. The van der Waals surface area contributed by atoms with E-state index in [9.17, 15) is 31.2 Å². The molecule has 0 spiro atoms. The van der Waals surface area contributed by atoms with Gasteiger partial charge in [0.25, 0.3) is 15.9 Å². The molecule has 0 aromatic heterocycles. The molecule has 38 heavy (non-hydrogen) atoms. The third-order valence-corrected chi connectivity index (χ3v) is 7.25. The minimum Gasteiger partial charge on any atom is -0.326 e. The fraction of sp³-hybridized carbons (Fsp3) is 0.160. The van der Waals surface area contributed by atoms with Crippen LogP contribution in [0.3, 0.4) is 0 Å². The predicted molar refractivity (Wildman–Crippen MR) is 139 cm³/mol. The molecule has 3 aromatic carbocycles. The minimum absolute atomic E-state index is 0.227. The molecule has 0 atom stereocenters. The Balaban J connectivity index is 1.90. The number of alkyl halides is 3. The molecular weight excluding hydrogens is 545 g/mol. The van der Waals surface area contributed by atoms with Crippen LogP contribution in [0.25, 0.3) is 0 Å². The van der Waals surface area contributed by atoms with Crippen LogP contribution in [0, 0.1) is 0 Å². The summed E-state index contributed by atoms with van der Waals surface area (Å²) >= 11 is 5.69. The van der Waals surface area contributed by atoms with Crippen LogP contribution in [-0.2, 0) is 25.8 Å². The van der Waals surface area contributed by atoms with Gasteiger partial charge in [-0.2, -0.15) is 18.3 Å². The molecule has 0 aliphatic carbocycles. The summed E-state index contributed by atoms with van der Waals surface area (Å²) in [5.74, 6) is -1.14. The summed E-state index contributed by atoms with van der Waals surface area (Å²) in [6, 6.07) is 16.1. The predicted octanol–water partition coefficient (Wildman–Crippen LogP) is 5.05. The van der Waals surface area contributed by atoms with Crippen LogP contribution in [0.4, 0.5) is 24.5 Å². The van der Waals surface area contributed by atoms with Gasteiger partial charge in [-0.3, -0.25) is 13.9 Å². The molecule has 0 bridgehead atoms. The van der Waals surface area contributed by atoms with Gasteiger partial charge in [0, 0.05) is 12.6 Å². The summed E-state index contributed by atoms with van der Waals surface area (Å²) in [6.07, 6.45) is -4.85. The summed E-state index contributed by atoms with van der Waals surface area (Å²) in [5.41, 5.74) is 2.09. The van der Waals surface area contributed by atoms with E-state index in [1.807, 2.05) is 0 Å². The Morgan fingerprint density at radius 1 is 0.974 bits per heavy atom. The van der Waals surface area contributed by atoms with Gasteiger partial charge in [-0.25, -0.2) is 13.8 Å². The first-order chi connectivity index (χ1) is 17.8. The topological polar surface area (TPSA) is 108 Å². The monoisotopic (exact) mass is 566 g/mol. The van der Waals surface area contributed by atoms with Gasteiger partial charge in [0.1, 0.15) is 6.54 Å². The Morgan fingerprint density at radius 2 is 1.61 bits per heavy atom. The number of nitrogens with zero attached hydrogens (tertiary/aromatic N) is 2. The highest BCUT2D eigenvalue weighted by atomic mass is 35.5. The van der Waals surface area contributed by atoms with E-state index in [0.717, 1.165) is 12.1 Å². The second kappa shape index (κ2) is 11.7. The van der Waals surface area contributed by atoms with E-state index >= 15 is 0 Å². The second-order valence-electron chi connectivity index (χ2n) is 7.98. The lowest BCUT2D eigenvalue weighted by molar-refractivity contribution is -0.137. The number of hydrazone groups is 1. The van der Waals surface area contributed by atoms with Crippen molar-refractivity contribution in [1.29, 1.82) is 0 Å². The number of sulfonamides is 1. The zero-order valence-corrected chi connectivity index (χ0v) is 21.7. The molecule has 0 saturated carbocycles. The third-order valence-electron chi connectivity index (χ3n) is 5.13. The van der Waals surface area contributed by atoms with Crippen LogP contribution in [-0.4, -0.2) is 32.5 Å². The smallest absolute Gasteiger partial charge is 0.326 e. The number of benzene rings is 3. The second-order valence-corrected chi connectivity index (χ2v) is 10.2. The Morgan fingerprint density at radius 3 is 2.18 bits per heavy atom. The zero-order valence-electron chi connectivity index (χ0n) is 20.1. The number of hydrogen-bond donors (Lipinski definition) is 2. The molecule has 3 aromatic rings. The van der Waals surface area contributed by atoms with E-state index in [2.05, 4.69) is 15.8 Å². The number of nitrogens with one attached hydrogen (secondary N) is 2. The summed E-state index contributed by atoms with van der Waals surface area (Å²) in [4.78, 5) is 23.7. The van der Waals surface area contributed by atoms with Crippen molar-refractivity contribution >= 4 is 50.5 Å². The molecule has 3 rings (SSSR count). The Kier molecular flexibility index (Phi) is 8.79. The summed E-state index contributed by atoms with van der Waals surface area (Å²) in [7, 11) is -4.45. The Labute approximate surface area is 222 Å². The molecule has 0 radical (unpaired) electrons. The summed E-state index contributed by atoms with van der Waals surface area (Å²) in [5, 5.41) is 5.96. The number of carbonyl (C=O) groups excluding carboxylic acids is 2. The zero-order chi connectivity index (χ0) is 28.1. The maximum Gasteiger partial charge on any atom is 0.417 e. The minimum atomic E-state index is -4.85. The number of halogens is 4. The fourth-order valence-corrected chi connectivity index (χ4v) is 4.95. The van der Waals surface area contributed by atoms with E-state index in [-0.39, 0.29) is 10.8 Å². The van der Waals surface area contributed by atoms with Crippen molar-refractivity contribution in [2.45, 2.75) is 24.9 Å². The molecule has 200 valence electrons. The standard InChI is InChI=1S/C25H22ClF3N4O4S/c1-16(18-8-10-19(11-9-18)30-17(2)34)31-32-24(35)15-33(38(36,37)21-6-4-3-5-7-21)20-12-13-23(26)22(14-20)25(27,28)29/h3-14H,15H2,1-2H3,(H,30,34)(H,32,35). The Hall–Kier alpha value is -3.90. The highest BCUT2D eigenvalue weighted by Crippen LogP contribution is 2.38. The Bertz CT molecular complexity index is 1460. The molecule has 0 aliphatic heterocycles. The molecule has 0 heterocycles. The van der Waals surface area contributed by atoms with Gasteiger partial charge in [0.05, 0.1) is 26.9 Å². The van der Waals surface area contributed by atoms with Gasteiger partial charge in [0.2, 0.25) is 5.91 Å². The molecule has 0 unspecified atom stereocenters. The number of anilines is 2. The molecule has 0 aliphatic rings. The summed E-state index contributed by atoms with van der Waals surface area (Å²) in [6.45, 7) is 2.08. The van der Waals surface area contributed by atoms with Crippen LogP contribution < -0.4 is 15.0 Å². The van der Waals surface area contributed by atoms with Crippen LogP contribution in [0.5, 0.6) is 0 Å². The fourth-order valence-electron chi connectivity index (χ4n) is 3.29. The maximum absolute atomic E-state index is 13.5. The lowest BCUT2D eigenvalue weighted by Crippen LogP contribution is -2.40. The van der Waals surface area contributed by atoms with Gasteiger partial charge in [-0.15, -0.1) is 0 Å². The number of carbonyl (C=O) groups is 2. The van der Waals surface area contributed by atoms with Crippen molar-refractivity contribution in [3.8, 4) is 0 Å². The molecule has 13 heteroatoms. The van der Waals surface area contributed by atoms with E-state index in [0.29, 0.717) is 27.3 Å². The van der Waals surface area contributed by atoms with Crippen molar-refractivity contribution in [2.24, 2.45) is 5.10 Å². The van der Waals surface area contributed by atoms with Crippen molar-refractivity contribution in [2.75, 3.05) is 16.2 Å². The first-order valence-corrected chi connectivity index (χ1v) is 12.8. The van der Waals surface area contributed by atoms with E-state index in [4.69, 9.17) is 11.6 Å². The molecule has 2 N–H and O–H groups in total. The van der Waals surface area contributed by atoms with Crippen LogP contribution >= 0.6 is 11.6 Å².